The second kappa shape index (κ2) is 6.78. The van der Waals surface area contributed by atoms with Crippen molar-refractivity contribution < 1.29 is 4.79 Å². The summed E-state index contributed by atoms with van der Waals surface area (Å²) in [5.41, 5.74) is 12.8. The Kier molecular flexibility index (Phi) is 5.33. The predicted molar refractivity (Wildman–Crippen MR) is 72.0 cm³/mol. The molecule has 1 amide bonds. The van der Waals surface area contributed by atoms with Crippen LogP contribution in [0.2, 0.25) is 0 Å². The number of nitrogens with two attached hydrogens (primary N) is 2. The van der Waals surface area contributed by atoms with Gasteiger partial charge in [-0.1, -0.05) is 26.2 Å². The largest absolute Gasteiger partial charge is 0.399 e. The van der Waals surface area contributed by atoms with Crippen LogP contribution in [-0.4, -0.2) is 12.5 Å². The molecular formula is C13H21N3O. The van der Waals surface area contributed by atoms with E-state index in [-0.39, 0.29) is 0 Å². The SMILES string of the molecule is CCCCCCNc1cc(N)ccc1C(N)=O. The van der Waals surface area contributed by atoms with Gasteiger partial charge in [0, 0.05) is 17.9 Å². The van der Waals surface area contributed by atoms with E-state index in [0.717, 1.165) is 18.7 Å². The van der Waals surface area contributed by atoms with Crippen molar-refractivity contribution in [2.75, 3.05) is 17.6 Å². The van der Waals surface area contributed by atoms with Crippen LogP contribution >= 0.6 is 0 Å². The summed E-state index contributed by atoms with van der Waals surface area (Å²) in [7, 11) is 0. The number of unbranched alkanes of at least 4 members (excludes halogenated alkanes) is 3. The van der Waals surface area contributed by atoms with Gasteiger partial charge in [-0.15, -0.1) is 0 Å². The Bertz CT molecular complexity index is 377. The number of rotatable bonds is 7. The summed E-state index contributed by atoms with van der Waals surface area (Å²) in [6.07, 6.45) is 4.73. The lowest BCUT2D eigenvalue weighted by Gasteiger charge is -2.10. The van der Waals surface area contributed by atoms with Gasteiger partial charge < -0.3 is 16.8 Å². The highest BCUT2D eigenvalue weighted by molar-refractivity contribution is 5.99. The number of hydrogen-bond acceptors (Lipinski definition) is 3. The zero-order valence-corrected chi connectivity index (χ0v) is 10.3. The van der Waals surface area contributed by atoms with Gasteiger partial charge >= 0.3 is 0 Å². The van der Waals surface area contributed by atoms with Crippen molar-refractivity contribution in [3.63, 3.8) is 0 Å². The lowest BCUT2D eigenvalue weighted by Crippen LogP contribution is -2.15. The minimum absolute atomic E-state index is 0.430. The summed E-state index contributed by atoms with van der Waals surface area (Å²) < 4.78 is 0. The minimum atomic E-state index is -0.430. The summed E-state index contributed by atoms with van der Waals surface area (Å²) in [6, 6.07) is 5.09. The Morgan fingerprint density at radius 2 is 2.06 bits per heavy atom. The van der Waals surface area contributed by atoms with Crippen LogP contribution in [0, 0.1) is 0 Å². The molecule has 0 aliphatic carbocycles. The number of benzene rings is 1. The smallest absolute Gasteiger partial charge is 0.250 e. The number of hydrogen-bond donors (Lipinski definition) is 3. The molecule has 0 unspecified atom stereocenters. The zero-order valence-electron chi connectivity index (χ0n) is 10.3. The highest BCUT2D eigenvalue weighted by Crippen LogP contribution is 2.18. The van der Waals surface area contributed by atoms with E-state index >= 15 is 0 Å². The number of amides is 1. The van der Waals surface area contributed by atoms with Crippen molar-refractivity contribution in [2.24, 2.45) is 5.73 Å². The lowest BCUT2D eigenvalue weighted by molar-refractivity contribution is 0.100. The number of carbonyl (C=O) groups is 1. The van der Waals surface area contributed by atoms with Crippen LogP contribution in [0.15, 0.2) is 18.2 Å². The standard InChI is InChI=1S/C13H21N3O/c1-2-3-4-5-8-16-12-9-10(14)6-7-11(12)13(15)17/h6-7,9,16H,2-5,8,14H2,1H3,(H2,15,17). The molecule has 17 heavy (non-hydrogen) atoms. The first kappa shape index (κ1) is 13.4. The lowest BCUT2D eigenvalue weighted by atomic mass is 10.1. The van der Waals surface area contributed by atoms with Gasteiger partial charge in [-0.05, 0) is 24.6 Å². The Balaban J connectivity index is 2.56. The van der Waals surface area contributed by atoms with Gasteiger partial charge in [0.05, 0.1) is 5.56 Å². The van der Waals surface area contributed by atoms with Crippen LogP contribution in [0.5, 0.6) is 0 Å². The van der Waals surface area contributed by atoms with E-state index in [9.17, 15) is 4.79 Å². The van der Waals surface area contributed by atoms with Crippen LogP contribution in [0.25, 0.3) is 0 Å². The van der Waals surface area contributed by atoms with E-state index in [1.54, 1.807) is 18.2 Å². The highest BCUT2D eigenvalue weighted by Gasteiger charge is 2.07. The van der Waals surface area contributed by atoms with Crippen molar-refractivity contribution in [1.82, 2.24) is 0 Å². The predicted octanol–water partition coefficient (Wildman–Crippen LogP) is 2.36. The molecular weight excluding hydrogens is 214 g/mol. The molecule has 0 fully saturated rings. The molecule has 0 radical (unpaired) electrons. The van der Waals surface area contributed by atoms with Crippen LogP contribution in [0.1, 0.15) is 43.0 Å². The molecule has 94 valence electrons. The second-order valence-electron chi connectivity index (χ2n) is 4.16. The summed E-state index contributed by atoms with van der Waals surface area (Å²) in [4.78, 5) is 11.2. The molecule has 1 aromatic rings. The second-order valence-corrected chi connectivity index (χ2v) is 4.16. The van der Waals surface area contributed by atoms with Gasteiger partial charge in [-0.25, -0.2) is 0 Å². The Morgan fingerprint density at radius 3 is 2.71 bits per heavy atom. The summed E-state index contributed by atoms with van der Waals surface area (Å²) in [6.45, 7) is 3.01. The topological polar surface area (TPSA) is 81.1 Å². The molecule has 0 heterocycles. The molecule has 5 N–H and O–H groups in total. The van der Waals surface area contributed by atoms with Gasteiger partial charge in [0.1, 0.15) is 0 Å². The minimum Gasteiger partial charge on any atom is -0.399 e. The molecule has 0 saturated heterocycles. The average Bonchev–Trinajstić information content (AvgIpc) is 2.28. The molecule has 0 aliphatic rings. The number of nitrogen functional groups attached to an aromatic ring is 1. The maximum Gasteiger partial charge on any atom is 0.250 e. The van der Waals surface area contributed by atoms with E-state index in [0.29, 0.717) is 11.3 Å². The van der Waals surface area contributed by atoms with E-state index in [1.165, 1.54) is 19.3 Å². The monoisotopic (exact) mass is 235 g/mol. The zero-order chi connectivity index (χ0) is 12.7. The summed E-state index contributed by atoms with van der Waals surface area (Å²) in [5, 5.41) is 3.21. The van der Waals surface area contributed by atoms with Crippen molar-refractivity contribution in [3.8, 4) is 0 Å². The first-order valence-corrected chi connectivity index (χ1v) is 6.08. The van der Waals surface area contributed by atoms with Crippen molar-refractivity contribution >= 4 is 17.3 Å². The number of anilines is 2. The molecule has 1 rings (SSSR count). The fraction of sp³-hybridized carbons (Fsp3) is 0.462. The normalized spacial score (nSPS) is 10.2. The Labute approximate surface area is 102 Å². The molecule has 1 aromatic carbocycles. The van der Waals surface area contributed by atoms with Crippen LogP contribution < -0.4 is 16.8 Å². The third-order valence-electron chi connectivity index (χ3n) is 2.65. The summed E-state index contributed by atoms with van der Waals surface area (Å²) in [5.74, 6) is -0.430. The van der Waals surface area contributed by atoms with Crippen LogP contribution in [0.4, 0.5) is 11.4 Å². The van der Waals surface area contributed by atoms with Gasteiger partial charge in [-0.3, -0.25) is 4.79 Å². The van der Waals surface area contributed by atoms with Crippen LogP contribution in [-0.2, 0) is 0 Å². The van der Waals surface area contributed by atoms with E-state index < -0.39 is 5.91 Å². The maximum absolute atomic E-state index is 11.2. The molecule has 0 aliphatic heterocycles. The van der Waals surface area contributed by atoms with Gasteiger partial charge in [-0.2, -0.15) is 0 Å². The molecule has 0 bridgehead atoms. The Morgan fingerprint density at radius 1 is 1.29 bits per heavy atom. The van der Waals surface area contributed by atoms with Gasteiger partial charge in [0.15, 0.2) is 0 Å². The van der Waals surface area contributed by atoms with Crippen molar-refractivity contribution in [2.45, 2.75) is 32.6 Å². The fourth-order valence-electron chi connectivity index (χ4n) is 1.70. The highest BCUT2D eigenvalue weighted by atomic mass is 16.1. The molecule has 0 atom stereocenters. The third-order valence-corrected chi connectivity index (χ3v) is 2.65. The Hall–Kier alpha value is -1.71. The molecule has 0 aromatic heterocycles. The summed E-state index contributed by atoms with van der Waals surface area (Å²) >= 11 is 0. The van der Waals surface area contributed by atoms with Crippen molar-refractivity contribution in [3.05, 3.63) is 23.8 Å². The van der Waals surface area contributed by atoms with E-state index in [1.807, 2.05) is 0 Å². The molecule has 4 nitrogen and oxygen atoms in total. The van der Waals surface area contributed by atoms with E-state index in [2.05, 4.69) is 12.2 Å². The first-order chi connectivity index (χ1) is 8.15. The molecule has 0 spiro atoms. The number of nitrogens with one attached hydrogen (secondary N) is 1. The molecule has 0 saturated carbocycles. The van der Waals surface area contributed by atoms with Crippen LogP contribution in [0.3, 0.4) is 0 Å². The van der Waals surface area contributed by atoms with E-state index in [4.69, 9.17) is 11.5 Å². The molecule has 4 heteroatoms. The number of carbonyl (C=O) groups excluding carboxylic acids is 1. The maximum atomic E-state index is 11.2. The van der Waals surface area contributed by atoms with Crippen molar-refractivity contribution in [1.29, 1.82) is 0 Å². The third kappa shape index (κ3) is 4.34. The van der Waals surface area contributed by atoms with Gasteiger partial charge in [0.2, 0.25) is 0 Å². The number of primary amides is 1. The quantitative estimate of drug-likeness (QED) is 0.501. The average molecular weight is 235 g/mol. The van der Waals surface area contributed by atoms with Gasteiger partial charge in [0.25, 0.3) is 5.91 Å². The fourth-order valence-corrected chi connectivity index (χ4v) is 1.70. The first-order valence-electron chi connectivity index (χ1n) is 6.08.